The molecule has 0 atom stereocenters. The molecule has 1 N–H and O–H groups in total. The number of hydrogen-bond donors (Lipinski definition) is 1. The molecule has 4 rings (SSSR count). The van der Waals surface area contributed by atoms with Gasteiger partial charge in [-0.2, -0.15) is 0 Å². The van der Waals surface area contributed by atoms with Crippen molar-refractivity contribution in [3.63, 3.8) is 0 Å². The Hall–Kier alpha value is -3.50. The highest BCUT2D eigenvalue weighted by Gasteiger charge is 2.36. The normalized spacial score (nSPS) is 14.1. The molecule has 0 saturated carbocycles. The molecule has 1 heterocycles. The van der Waals surface area contributed by atoms with E-state index >= 15 is 0 Å². The number of amides is 3. The number of nitrogens with zero attached hydrogens (tertiary/aromatic N) is 1. The third kappa shape index (κ3) is 7.13. The maximum Gasteiger partial charge on any atom is 0.339 e. The lowest BCUT2D eigenvalue weighted by Gasteiger charge is -2.13. The highest BCUT2D eigenvalue weighted by atomic mass is 35.5. The van der Waals surface area contributed by atoms with E-state index in [1.807, 2.05) is 0 Å². The fraction of sp³-hybridized carbons (Fsp3) is 0.111. The average molecular weight is 606 g/mol. The Bertz CT molecular complexity index is 1510. The van der Waals surface area contributed by atoms with E-state index in [-0.39, 0.29) is 27.8 Å². The summed E-state index contributed by atoms with van der Waals surface area (Å²) in [6, 6.07) is 16.3. The van der Waals surface area contributed by atoms with Gasteiger partial charge < -0.3 is 14.8 Å². The van der Waals surface area contributed by atoms with Crippen molar-refractivity contribution in [2.75, 3.05) is 19.0 Å². The first-order valence-electron chi connectivity index (χ1n) is 11.2. The van der Waals surface area contributed by atoms with E-state index < -0.39 is 29.6 Å². The van der Waals surface area contributed by atoms with Gasteiger partial charge in [0.05, 0.1) is 22.6 Å². The number of halogens is 3. The van der Waals surface area contributed by atoms with Gasteiger partial charge in [-0.25, -0.2) is 4.79 Å². The van der Waals surface area contributed by atoms with Crippen LogP contribution in [0.3, 0.4) is 0 Å². The van der Waals surface area contributed by atoms with E-state index in [0.29, 0.717) is 21.4 Å². The largest absolute Gasteiger partial charge is 0.489 e. The number of esters is 1. The van der Waals surface area contributed by atoms with Crippen molar-refractivity contribution >= 4 is 81.4 Å². The molecule has 8 nitrogen and oxygen atoms in total. The van der Waals surface area contributed by atoms with Crippen molar-refractivity contribution in [3.05, 3.63) is 97.3 Å². The van der Waals surface area contributed by atoms with Crippen molar-refractivity contribution in [1.82, 2.24) is 4.90 Å². The minimum Gasteiger partial charge on any atom is -0.489 e. The number of rotatable bonds is 8. The number of carbonyl (C=O) groups excluding carboxylic acids is 4. The van der Waals surface area contributed by atoms with E-state index in [0.717, 1.165) is 22.2 Å². The molecule has 0 spiro atoms. The van der Waals surface area contributed by atoms with Crippen LogP contribution in [0.25, 0.3) is 6.08 Å². The number of nitrogens with one attached hydrogen (secondary N) is 1. The summed E-state index contributed by atoms with van der Waals surface area (Å²) in [4.78, 5) is 50.8. The summed E-state index contributed by atoms with van der Waals surface area (Å²) in [6.45, 7) is -0.303. The second kappa shape index (κ2) is 12.6. The number of hydrogen-bond acceptors (Lipinski definition) is 7. The standard InChI is InChI=1S/C27H19Cl3N2O6S/c1-37-26(35)20-12-18(7-8-21(20)29)31-24(33)13-32-25(34)23(39-27(32)36)10-15-3-2-4-19(9-15)38-14-16-5-6-17(28)11-22(16)30/h2-12H,13-14H2,1H3,(H,31,33)/b23-10+. The highest BCUT2D eigenvalue weighted by molar-refractivity contribution is 8.18. The van der Waals surface area contributed by atoms with Crippen LogP contribution in [0, 0.1) is 0 Å². The van der Waals surface area contributed by atoms with Crippen molar-refractivity contribution in [3.8, 4) is 5.75 Å². The molecule has 1 aliphatic heterocycles. The summed E-state index contributed by atoms with van der Waals surface area (Å²) in [5.41, 5.74) is 1.70. The van der Waals surface area contributed by atoms with Crippen molar-refractivity contribution in [2.24, 2.45) is 0 Å². The van der Waals surface area contributed by atoms with Crippen LogP contribution < -0.4 is 10.1 Å². The van der Waals surface area contributed by atoms with Gasteiger partial charge in [0.15, 0.2) is 0 Å². The minimum absolute atomic E-state index is 0.0635. The number of thioether (sulfide) groups is 1. The van der Waals surface area contributed by atoms with Gasteiger partial charge in [-0.1, -0.05) is 53.0 Å². The van der Waals surface area contributed by atoms with Crippen molar-refractivity contribution in [1.29, 1.82) is 0 Å². The molecule has 0 radical (unpaired) electrons. The van der Waals surface area contributed by atoms with Gasteiger partial charge in [0.2, 0.25) is 5.91 Å². The van der Waals surface area contributed by atoms with Crippen LogP contribution in [0.5, 0.6) is 5.75 Å². The second-order valence-corrected chi connectivity index (χ2v) is 10.3. The summed E-state index contributed by atoms with van der Waals surface area (Å²) < 4.78 is 10.5. The van der Waals surface area contributed by atoms with Crippen molar-refractivity contribution < 1.29 is 28.7 Å². The molecule has 0 bridgehead atoms. The third-order valence-corrected chi connectivity index (χ3v) is 7.22. The zero-order valence-electron chi connectivity index (χ0n) is 20.2. The predicted octanol–water partition coefficient (Wildman–Crippen LogP) is 6.69. The number of methoxy groups -OCH3 is 1. The Morgan fingerprint density at radius 2 is 1.79 bits per heavy atom. The molecular weight excluding hydrogens is 587 g/mol. The quantitative estimate of drug-likeness (QED) is 0.226. The molecule has 1 fully saturated rings. The van der Waals surface area contributed by atoms with Gasteiger partial charge in [-0.15, -0.1) is 0 Å². The lowest BCUT2D eigenvalue weighted by atomic mass is 10.2. The van der Waals surface area contributed by atoms with Crippen LogP contribution in [-0.2, 0) is 20.9 Å². The molecule has 3 aromatic rings. The second-order valence-electron chi connectivity index (χ2n) is 8.10. The van der Waals surface area contributed by atoms with Crippen molar-refractivity contribution in [2.45, 2.75) is 6.61 Å². The molecule has 1 aliphatic rings. The van der Waals surface area contributed by atoms with Gasteiger partial charge in [-0.05, 0) is 65.9 Å². The molecule has 39 heavy (non-hydrogen) atoms. The minimum atomic E-state index is -0.671. The van der Waals surface area contributed by atoms with E-state index in [9.17, 15) is 19.2 Å². The molecule has 3 aromatic carbocycles. The van der Waals surface area contributed by atoms with Crippen LogP contribution in [0.15, 0.2) is 65.6 Å². The number of ether oxygens (including phenoxy) is 2. The monoisotopic (exact) mass is 604 g/mol. The van der Waals surface area contributed by atoms with Crippen LogP contribution >= 0.6 is 46.6 Å². The summed E-state index contributed by atoms with van der Waals surface area (Å²) in [5.74, 6) is -1.38. The van der Waals surface area contributed by atoms with Crippen LogP contribution in [0.2, 0.25) is 15.1 Å². The Morgan fingerprint density at radius 1 is 1.00 bits per heavy atom. The fourth-order valence-corrected chi connectivity index (χ4v) is 4.99. The Labute approximate surface area is 242 Å². The van der Waals surface area contributed by atoms with E-state index in [4.69, 9.17) is 39.5 Å². The maximum atomic E-state index is 12.9. The highest BCUT2D eigenvalue weighted by Crippen LogP contribution is 2.33. The van der Waals surface area contributed by atoms with Gasteiger partial charge in [0.1, 0.15) is 18.9 Å². The summed E-state index contributed by atoms with van der Waals surface area (Å²) in [6.07, 6.45) is 1.55. The molecule has 0 aromatic heterocycles. The zero-order valence-corrected chi connectivity index (χ0v) is 23.3. The molecular formula is C27H19Cl3N2O6S. The summed E-state index contributed by atoms with van der Waals surface area (Å²) in [5, 5.41) is 3.12. The van der Waals surface area contributed by atoms with Gasteiger partial charge in [0.25, 0.3) is 11.1 Å². The molecule has 12 heteroatoms. The van der Waals surface area contributed by atoms with Gasteiger partial charge in [-0.3, -0.25) is 19.3 Å². The van der Waals surface area contributed by atoms with E-state index in [1.54, 1.807) is 48.5 Å². The van der Waals surface area contributed by atoms with Crippen LogP contribution in [0.4, 0.5) is 10.5 Å². The fourth-order valence-electron chi connectivity index (χ4n) is 3.50. The number of benzene rings is 3. The maximum absolute atomic E-state index is 12.9. The van der Waals surface area contributed by atoms with Crippen LogP contribution in [-0.4, -0.2) is 41.6 Å². The molecule has 200 valence electrons. The lowest BCUT2D eigenvalue weighted by Crippen LogP contribution is -2.36. The third-order valence-electron chi connectivity index (χ3n) is 5.40. The summed E-state index contributed by atoms with van der Waals surface area (Å²) >= 11 is 18.8. The first kappa shape index (κ1) is 28.5. The smallest absolute Gasteiger partial charge is 0.339 e. The first-order valence-corrected chi connectivity index (χ1v) is 13.2. The predicted molar refractivity (Wildman–Crippen MR) is 151 cm³/mol. The number of anilines is 1. The molecule has 3 amide bonds. The number of carbonyl (C=O) groups is 4. The van der Waals surface area contributed by atoms with E-state index in [1.165, 1.54) is 25.3 Å². The topological polar surface area (TPSA) is 102 Å². The SMILES string of the molecule is COC(=O)c1cc(NC(=O)CN2C(=O)S/C(=C/c3cccc(OCc4ccc(Cl)cc4Cl)c3)C2=O)ccc1Cl. The van der Waals surface area contributed by atoms with Gasteiger partial charge >= 0.3 is 5.97 Å². The Balaban J connectivity index is 1.40. The first-order chi connectivity index (χ1) is 18.6. The molecule has 0 aliphatic carbocycles. The van der Waals surface area contributed by atoms with Crippen LogP contribution in [0.1, 0.15) is 21.5 Å². The lowest BCUT2D eigenvalue weighted by molar-refractivity contribution is -0.127. The Morgan fingerprint density at radius 3 is 2.54 bits per heavy atom. The zero-order chi connectivity index (χ0) is 28.1. The Kier molecular flexibility index (Phi) is 9.19. The number of imide groups is 1. The van der Waals surface area contributed by atoms with Gasteiger partial charge in [0, 0.05) is 21.3 Å². The molecule has 1 saturated heterocycles. The summed E-state index contributed by atoms with van der Waals surface area (Å²) in [7, 11) is 1.21. The molecule has 0 unspecified atom stereocenters. The van der Waals surface area contributed by atoms with E-state index in [2.05, 4.69) is 10.1 Å². The average Bonchev–Trinajstić information content (AvgIpc) is 3.16.